The van der Waals surface area contributed by atoms with Crippen LogP contribution < -0.4 is 5.32 Å². The molecular formula is C10H17N3O2. The maximum atomic E-state index is 10.8. The zero-order valence-corrected chi connectivity index (χ0v) is 8.72. The van der Waals surface area contributed by atoms with E-state index in [-0.39, 0.29) is 0 Å². The lowest BCUT2D eigenvalue weighted by Gasteiger charge is -2.36. The molecule has 2 N–H and O–H groups in total. The van der Waals surface area contributed by atoms with Gasteiger partial charge in [-0.15, -0.1) is 0 Å². The Morgan fingerprint density at radius 2 is 1.73 bits per heavy atom. The topological polar surface area (TPSA) is 55.8 Å². The Bertz CT molecular complexity index is 266. The molecule has 5 nitrogen and oxygen atoms in total. The molecule has 3 rings (SSSR count). The van der Waals surface area contributed by atoms with E-state index in [1.807, 2.05) is 0 Å². The summed E-state index contributed by atoms with van der Waals surface area (Å²) in [5.74, 6) is 1.17. The van der Waals surface area contributed by atoms with Crippen LogP contribution in [0.2, 0.25) is 0 Å². The van der Waals surface area contributed by atoms with E-state index in [0.717, 1.165) is 39.3 Å². The molecular weight excluding hydrogens is 194 g/mol. The van der Waals surface area contributed by atoms with Crippen LogP contribution >= 0.6 is 0 Å². The van der Waals surface area contributed by atoms with Gasteiger partial charge in [-0.05, 0) is 11.8 Å². The molecule has 0 bridgehead atoms. The van der Waals surface area contributed by atoms with Crippen LogP contribution in [0, 0.1) is 11.8 Å². The zero-order valence-electron chi connectivity index (χ0n) is 8.72. The second-order valence-electron chi connectivity index (χ2n) is 4.97. The van der Waals surface area contributed by atoms with Crippen molar-refractivity contribution in [2.24, 2.45) is 11.8 Å². The Hall–Kier alpha value is -0.810. The summed E-state index contributed by atoms with van der Waals surface area (Å²) in [5.41, 5.74) is 0. The van der Waals surface area contributed by atoms with Crippen molar-refractivity contribution in [1.29, 1.82) is 0 Å². The fraction of sp³-hybridized carbons (Fsp3) is 0.900. The third-order valence-electron chi connectivity index (χ3n) is 4.06. The minimum absolute atomic E-state index is 0.585. The Labute approximate surface area is 89.0 Å². The molecule has 5 heteroatoms. The standard InChI is InChI=1S/C10H17N3O2/c14-10(15)13-5-7-3-12(4-8(7)6-13)9-1-11-2-9/h7-9,11H,1-6H2,(H,14,15). The largest absolute Gasteiger partial charge is 0.465 e. The van der Waals surface area contributed by atoms with Gasteiger partial charge in [-0.2, -0.15) is 0 Å². The number of amides is 1. The first kappa shape index (κ1) is 9.42. The maximum absolute atomic E-state index is 10.8. The summed E-state index contributed by atoms with van der Waals surface area (Å²) in [6.45, 7) is 5.92. The number of nitrogens with one attached hydrogen (secondary N) is 1. The first-order chi connectivity index (χ1) is 7.24. The third kappa shape index (κ3) is 1.50. The molecule has 1 amide bonds. The van der Waals surface area contributed by atoms with Crippen molar-refractivity contribution >= 4 is 6.09 Å². The second-order valence-corrected chi connectivity index (χ2v) is 4.97. The van der Waals surface area contributed by atoms with E-state index in [1.165, 1.54) is 0 Å². The summed E-state index contributed by atoms with van der Waals surface area (Å²) in [5, 5.41) is 12.2. The molecule has 0 aromatic carbocycles. The van der Waals surface area contributed by atoms with Gasteiger partial charge in [0.1, 0.15) is 0 Å². The number of carboxylic acid groups (broad SMARTS) is 1. The quantitative estimate of drug-likeness (QED) is 0.614. The van der Waals surface area contributed by atoms with Gasteiger partial charge >= 0.3 is 6.09 Å². The normalized spacial score (nSPS) is 36.7. The lowest BCUT2D eigenvalue weighted by Crippen LogP contribution is -2.56. The van der Waals surface area contributed by atoms with E-state index in [1.54, 1.807) is 4.90 Å². The predicted molar refractivity (Wildman–Crippen MR) is 54.8 cm³/mol. The number of rotatable bonds is 1. The Balaban J connectivity index is 1.58. The molecule has 0 aromatic heterocycles. The van der Waals surface area contributed by atoms with Crippen molar-refractivity contribution in [3.63, 3.8) is 0 Å². The van der Waals surface area contributed by atoms with Crippen molar-refractivity contribution in [2.45, 2.75) is 6.04 Å². The fourth-order valence-electron chi connectivity index (χ4n) is 3.02. The van der Waals surface area contributed by atoms with Crippen molar-refractivity contribution in [3.05, 3.63) is 0 Å². The molecule has 3 heterocycles. The highest BCUT2D eigenvalue weighted by Gasteiger charge is 2.44. The van der Waals surface area contributed by atoms with Gasteiger partial charge in [0.2, 0.25) is 0 Å². The molecule has 3 saturated heterocycles. The Morgan fingerprint density at radius 3 is 2.13 bits per heavy atom. The van der Waals surface area contributed by atoms with Crippen LogP contribution in [0.15, 0.2) is 0 Å². The first-order valence-corrected chi connectivity index (χ1v) is 5.66. The van der Waals surface area contributed by atoms with Gasteiger partial charge in [0.15, 0.2) is 0 Å². The van der Waals surface area contributed by atoms with Gasteiger partial charge in [-0.25, -0.2) is 4.79 Å². The van der Waals surface area contributed by atoms with Crippen molar-refractivity contribution in [1.82, 2.24) is 15.1 Å². The molecule has 3 aliphatic rings. The second kappa shape index (κ2) is 3.35. The third-order valence-corrected chi connectivity index (χ3v) is 4.06. The zero-order chi connectivity index (χ0) is 10.4. The lowest BCUT2D eigenvalue weighted by molar-refractivity contribution is 0.136. The summed E-state index contributed by atoms with van der Waals surface area (Å²) < 4.78 is 0. The van der Waals surface area contributed by atoms with Crippen LogP contribution in [-0.4, -0.2) is 66.3 Å². The highest BCUT2D eigenvalue weighted by molar-refractivity contribution is 5.65. The van der Waals surface area contributed by atoms with E-state index >= 15 is 0 Å². The molecule has 84 valence electrons. The Morgan fingerprint density at radius 1 is 1.13 bits per heavy atom. The van der Waals surface area contributed by atoms with Crippen molar-refractivity contribution < 1.29 is 9.90 Å². The van der Waals surface area contributed by atoms with Crippen molar-refractivity contribution in [3.8, 4) is 0 Å². The van der Waals surface area contributed by atoms with Crippen LogP contribution in [0.3, 0.4) is 0 Å². The molecule has 3 fully saturated rings. The molecule has 2 unspecified atom stereocenters. The van der Waals surface area contributed by atoms with Crippen LogP contribution in [-0.2, 0) is 0 Å². The molecule has 0 radical (unpaired) electrons. The number of hydrogen-bond acceptors (Lipinski definition) is 3. The number of carbonyl (C=O) groups is 1. The van der Waals surface area contributed by atoms with E-state index in [2.05, 4.69) is 10.2 Å². The summed E-state index contributed by atoms with van der Waals surface area (Å²) in [7, 11) is 0. The van der Waals surface area contributed by atoms with E-state index in [9.17, 15) is 4.79 Å². The number of hydrogen-bond donors (Lipinski definition) is 2. The first-order valence-electron chi connectivity index (χ1n) is 5.66. The van der Waals surface area contributed by atoms with Gasteiger partial charge in [0.05, 0.1) is 0 Å². The summed E-state index contributed by atoms with van der Waals surface area (Å²) in [4.78, 5) is 14.9. The highest BCUT2D eigenvalue weighted by Crippen LogP contribution is 2.32. The van der Waals surface area contributed by atoms with Crippen molar-refractivity contribution in [2.75, 3.05) is 39.3 Å². The average molecular weight is 211 g/mol. The summed E-state index contributed by atoms with van der Waals surface area (Å²) in [6, 6.07) is 0.717. The summed E-state index contributed by atoms with van der Waals surface area (Å²) in [6.07, 6.45) is -0.749. The SMILES string of the molecule is O=C(O)N1CC2CN(C3CNC3)CC2C1. The number of nitrogens with zero attached hydrogens (tertiary/aromatic N) is 2. The van der Waals surface area contributed by atoms with Gasteiger partial charge in [-0.1, -0.05) is 0 Å². The molecule has 2 atom stereocenters. The van der Waals surface area contributed by atoms with Gasteiger partial charge in [0.25, 0.3) is 0 Å². The lowest BCUT2D eigenvalue weighted by atomic mass is 10.0. The Kier molecular flexibility index (Phi) is 2.10. The number of likely N-dealkylation sites (tertiary alicyclic amines) is 2. The molecule has 0 aromatic rings. The van der Waals surface area contributed by atoms with Gasteiger partial charge < -0.3 is 15.3 Å². The molecule has 0 aliphatic carbocycles. The van der Waals surface area contributed by atoms with Crippen LogP contribution in [0.25, 0.3) is 0 Å². The average Bonchev–Trinajstić information content (AvgIpc) is 2.56. The van der Waals surface area contributed by atoms with Gasteiger partial charge in [0, 0.05) is 45.3 Å². The van der Waals surface area contributed by atoms with Crippen LogP contribution in [0.4, 0.5) is 4.79 Å². The highest BCUT2D eigenvalue weighted by atomic mass is 16.4. The molecule has 3 aliphatic heterocycles. The van der Waals surface area contributed by atoms with E-state index in [0.29, 0.717) is 17.9 Å². The maximum Gasteiger partial charge on any atom is 0.407 e. The fourth-order valence-corrected chi connectivity index (χ4v) is 3.02. The van der Waals surface area contributed by atoms with Crippen LogP contribution in [0.5, 0.6) is 0 Å². The minimum atomic E-state index is -0.749. The van der Waals surface area contributed by atoms with Crippen LogP contribution in [0.1, 0.15) is 0 Å². The molecule has 0 saturated carbocycles. The molecule has 0 spiro atoms. The van der Waals surface area contributed by atoms with E-state index in [4.69, 9.17) is 5.11 Å². The smallest absolute Gasteiger partial charge is 0.407 e. The van der Waals surface area contributed by atoms with Gasteiger partial charge in [-0.3, -0.25) is 4.90 Å². The minimum Gasteiger partial charge on any atom is -0.465 e. The number of fused-ring (bicyclic) bond motifs is 1. The molecule has 15 heavy (non-hydrogen) atoms. The van der Waals surface area contributed by atoms with E-state index < -0.39 is 6.09 Å². The monoisotopic (exact) mass is 211 g/mol. The predicted octanol–water partition coefficient (Wildman–Crippen LogP) is -0.500. The summed E-state index contributed by atoms with van der Waals surface area (Å²) >= 11 is 0.